The number of carbonyl (C=O) groups is 2. The van der Waals surface area contributed by atoms with E-state index in [4.69, 9.17) is 4.74 Å². The van der Waals surface area contributed by atoms with Crippen molar-refractivity contribution in [2.45, 2.75) is 50.4 Å². The minimum Gasteiger partial charge on any atom is -0.548 e. The summed E-state index contributed by atoms with van der Waals surface area (Å²) in [5, 5.41) is 21.0. The molecule has 1 amide bonds. The van der Waals surface area contributed by atoms with E-state index in [9.17, 15) is 19.8 Å². The summed E-state index contributed by atoms with van der Waals surface area (Å²) in [5.41, 5.74) is -2.54. The Labute approximate surface area is 99.2 Å². The lowest BCUT2D eigenvalue weighted by molar-refractivity contribution is -0.308. The molecule has 2 rings (SSSR count). The molecule has 1 saturated heterocycles. The van der Waals surface area contributed by atoms with Crippen LogP contribution in [0, 0.1) is 0 Å². The van der Waals surface area contributed by atoms with Crippen molar-refractivity contribution in [2.75, 3.05) is 6.54 Å². The van der Waals surface area contributed by atoms with Gasteiger partial charge in [-0.2, -0.15) is 0 Å². The fourth-order valence-corrected chi connectivity index (χ4v) is 2.79. The van der Waals surface area contributed by atoms with E-state index in [0.29, 0.717) is 12.8 Å². The van der Waals surface area contributed by atoms with E-state index in [0.717, 1.165) is 24.2 Å². The SMILES string of the molecule is C[C@]1(O)N(CC(=O)[O-])C(=O)OC12CCCCC2. The Morgan fingerprint density at radius 2 is 2.06 bits per heavy atom. The number of carboxylic acids is 1. The first-order chi connectivity index (χ1) is 7.89. The quantitative estimate of drug-likeness (QED) is 0.711. The first-order valence-electron chi connectivity index (χ1n) is 5.82. The maximum atomic E-state index is 11.7. The minimum atomic E-state index is -1.58. The van der Waals surface area contributed by atoms with Crippen molar-refractivity contribution in [3.8, 4) is 0 Å². The van der Waals surface area contributed by atoms with Crippen LogP contribution in [-0.4, -0.2) is 39.9 Å². The van der Waals surface area contributed by atoms with Crippen molar-refractivity contribution >= 4 is 12.1 Å². The standard InChI is InChI=1S/C11H17NO5/c1-10(16)11(5-3-2-4-6-11)17-9(15)12(10)7-8(13)14/h16H,2-7H2,1H3,(H,13,14)/p-1/t10-/m1/s1. The van der Waals surface area contributed by atoms with E-state index >= 15 is 0 Å². The Morgan fingerprint density at radius 1 is 1.47 bits per heavy atom. The van der Waals surface area contributed by atoms with Gasteiger partial charge in [0.15, 0.2) is 11.3 Å². The predicted molar refractivity (Wildman–Crippen MR) is 54.6 cm³/mol. The lowest BCUT2D eigenvalue weighted by atomic mass is 9.77. The van der Waals surface area contributed by atoms with Crippen LogP contribution in [0.1, 0.15) is 39.0 Å². The number of rotatable bonds is 2. The average molecular weight is 242 g/mol. The van der Waals surface area contributed by atoms with Gasteiger partial charge in [0, 0.05) is 0 Å². The Balaban J connectivity index is 2.27. The molecule has 1 aliphatic heterocycles. The third-order valence-corrected chi connectivity index (χ3v) is 3.84. The first-order valence-corrected chi connectivity index (χ1v) is 5.82. The van der Waals surface area contributed by atoms with Crippen LogP contribution < -0.4 is 5.11 Å². The van der Waals surface area contributed by atoms with Gasteiger partial charge in [-0.05, 0) is 32.6 Å². The lowest BCUT2D eigenvalue weighted by Gasteiger charge is -2.42. The average Bonchev–Trinajstić information content (AvgIpc) is 2.41. The molecule has 1 saturated carbocycles. The molecule has 1 heterocycles. The number of aliphatic hydroxyl groups is 1. The van der Waals surface area contributed by atoms with Crippen molar-refractivity contribution in [3.63, 3.8) is 0 Å². The highest BCUT2D eigenvalue weighted by atomic mass is 16.6. The second-order valence-electron chi connectivity index (χ2n) is 4.90. The molecule has 1 N–H and O–H groups in total. The zero-order valence-corrected chi connectivity index (χ0v) is 9.77. The summed E-state index contributed by atoms with van der Waals surface area (Å²) in [6, 6.07) is 0. The lowest BCUT2D eigenvalue weighted by Crippen LogP contribution is -2.59. The van der Waals surface area contributed by atoms with Crippen molar-refractivity contribution in [3.05, 3.63) is 0 Å². The number of hydrogen-bond acceptors (Lipinski definition) is 5. The molecule has 0 bridgehead atoms. The second kappa shape index (κ2) is 3.87. The van der Waals surface area contributed by atoms with Crippen LogP contribution in [0.25, 0.3) is 0 Å². The van der Waals surface area contributed by atoms with Gasteiger partial charge >= 0.3 is 6.09 Å². The van der Waals surface area contributed by atoms with E-state index in [-0.39, 0.29) is 0 Å². The van der Waals surface area contributed by atoms with E-state index in [1.165, 1.54) is 6.92 Å². The summed E-state index contributed by atoms with van der Waals surface area (Å²) in [6.45, 7) is 0.791. The smallest absolute Gasteiger partial charge is 0.413 e. The molecule has 6 nitrogen and oxygen atoms in total. The molecular formula is C11H16NO5-. The van der Waals surface area contributed by atoms with Gasteiger partial charge in [-0.3, -0.25) is 4.90 Å². The van der Waals surface area contributed by atoms with Crippen molar-refractivity contribution < 1.29 is 24.5 Å². The molecule has 0 aromatic carbocycles. The number of carboxylic acid groups (broad SMARTS) is 1. The van der Waals surface area contributed by atoms with Gasteiger partial charge in [0.2, 0.25) is 0 Å². The molecule has 0 unspecified atom stereocenters. The number of aliphatic carboxylic acids is 1. The van der Waals surface area contributed by atoms with Crippen LogP contribution in [0.3, 0.4) is 0 Å². The fraction of sp³-hybridized carbons (Fsp3) is 0.818. The van der Waals surface area contributed by atoms with E-state index in [1.807, 2.05) is 0 Å². The minimum absolute atomic E-state index is 0.565. The van der Waals surface area contributed by atoms with E-state index < -0.39 is 29.9 Å². The van der Waals surface area contributed by atoms with E-state index in [1.54, 1.807) is 0 Å². The van der Waals surface area contributed by atoms with Crippen molar-refractivity contribution in [2.24, 2.45) is 0 Å². The molecule has 1 spiro atoms. The van der Waals surface area contributed by atoms with Gasteiger partial charge in [0.1, 0.15) is 0 Å². The van der Waals surface area contributed by atoms with Crippen LogP contribution in [-0.2, 0) is 9.53 Å². The molecule has 17 heavy (non-hydrogen) atoms. The fourth-order valence-electron chi connectivity index (χ4n) is 2.79. The highest BCUT2D eigenvalue weighted by molar-refractivity contribution is 5.78. The Kier molecular flexibility index (Phi) is 2.77. The second-order valence-corrected chi connectivity index (χ2v) is 4.90. The largest absolute Gasteiger partial charge is 0.548 e. The maximum absolute atomic E-state index is 11.7. The number of amides is 1. The molecular weight excluding hydrogens is 226 g/mol. The van der Waals surface area contributed by atoms with Crippen LogP contribution in [0.15, 0.2) is 0 Å². The molecule has 0 aromatic heterocycles. The monoisotopic (exact) mass is 242 g/mol. The van der Waals surface area contributed by atoms with Gasteiger partial charge in [-0.25, -0.2) is 4.79 Å². The summed E-state index contributed by atoms with van der Waals surface area (Å²) in [4.78, 5) is 23.1. The Bertz CT molecular complexity index is 346. The number of carbonyl (C=O) groups excluding carboxylic acids is 2. The van der Waals surface area contributed by atoms with Crippen LogP contribution in [0.2, 0.25) is 0 Å². The molecule has 0 radical (unpaired) electrons. The summed E-state index contributed by atoms with van der Waals surface area (Å²) in [7, 11) is 0. The first kappa shape index (κ1) is 12.2. The summed E-state index contributed by atoms with van der Waals surface area (Å²) < 4.78 is 5.26. The van der Waals surface area contributed by atoms with Crippen molar-refractivity contribution in [1.82, 2.24) is 4.90 Å². The molecule has 2 aliphatic rings. The van der Waals surface area contributed by atoms with Gasteiger partial charge < -0.3 is 19.7 Å². The van der Waals surface area contributed by atoms with Crippen molar-refractivity contribution in [1.29, 1.82) is 0 Å². The summed E-state index contributed by atoms with van der Waals surface area (Å²) >= 11 is 0. The topological polar surface area (TPSA) is 89.9 Å². The Hall–Kier alpha value is -1.30. The third-order valence-electron chi connectivity index (χ3n) is 3.84. The zero-order valence-electron chi connectivity index (χ0n) is 9.77. The highest BCUT2D eigenvalue weighted by Crippen LogP contribution is 2.46. The Morgan fingerprint density at radius 3 is 2.59 bits per heavy atom. The summed E-state index contributed by atoms with van der Waals surface area (Å²) in [5.74, 6) is -1.41. The molecule has 1 atom stereocenters. The predicted octanol–water partition coefficient (Wildman–Crippen LogP) is -0.400. The summed E-state index contributed by atoms with van der Waals surface area (Å²) in [6.07, 6.45) is 3.12. The maximum Gasteiger partial charge on any atom is 0.413 e. The van der Waals surface area contributed by atoms with Crippen LogP contribution in [0.4, 0.5) is 4.79 Å². The molecule has 2 fully saturated rings. The number of nitrogens with zero attached hydrogens (tertiary/aromatic N) is 1. The molecule has 6 heteroatoms. The number of ether oxygens (including phenoxy) is 1. The van der Waals surface area contributed by atoms with E-state index in [2.05, 4.69) is 0 Å². The molecule has 96 valence electrons. The van der Waals surface area contributed by atoms with Gasteiger partial charge in [0.25, 0.3) is 0 Å². The van der Waals surface area contributed by atoms with Gasteiger partial charge in [-0.1, -0.05) is 6.42 Å². The van der Waals surface area contributed by atoms with Gasteiger partial charge in [-0.15, -0.1) is 0 Å². The highest BCUT2D eigenvalue weighted by Gasteiger charge is 2.61. The number of hydrogen-bond donors (Lipinski definition) is 1. The zero-order chi connectivity index (χ0) is 12.7. The normalized spacial score (nSPS) is 31.6. The van der Waals surface area contributed by atoms with Crippen LogP contribution >= 0.6 is 0 Å². The van der Waals surface area contributed by atoms with Crippen LogP contribution in [0.5, 0.6) is 0 Å². The van der Waals surface area contributed by atoms with Gasteiger partial charge in [0.05, 0.1) is 12.5 Å². The molecule has 1 aliphatic carbocycles. The molecule has 0 aromatic rings. The third kappa shape index (κ3) is 1.76.